The predicted molar refractivity (Wildman–Crippen MR) is 57.9 cm³/mol. The normalized spacial score (nSPS) is 38.7. The van der Waals surface area contributed by atoms with E-state index in [9.17, 15) is 14.7 Å². The number of carbonyl (C=O) groups is 2. The van der Waals surface area contributed by atoms with Crippen molar-refractivity contribution in [1.29, 1.82) is 0 Å². The maximum absolute atomic E-state index is 11.8. The van der Waals surface area contributed by atoms with Crippen LogP contribution in [0.5, 0.6) is 0 Å². The molecule has 1 saturated heterocycles. The van der Waals surface area contributed by atoms with Crippen molar-refractivity contribution in [1.82, 2.24) is 0 Å². The Bertz CT molecular complexity index is 349. The molecule has 1 saturated carbocycles. The molecule has 0 amide bonds. The largest absolute Gasteiger partial charge is 0.466 e. The van der Waals surface area contributed by atoms with Crippen LogP contribution in [0.3, 0.4) is 0 Å². The molecule has 4 atom stereocenters. The highest BCUT2D eigenvalue weighted by Gasteiger charge is 2.60. The fraction of sp³-hybridized carbons (Fsp3) is 0.833. The van der Waals surface area contributed by atoms with E-state index in [1.54, 1.807) is 20.8 Å². The van der Waals surface area contributed by atoms with Gasteiger partial charge >= 0.3 is 11.9 Å². The number of aliphatic hydroxyl groups is 1. The lowest BCUT2D eigenvalue weighted by molar-refractivity contribution is -0.186. The minimum atomic E-state index is -0.767. The predicted octanol–water partition coefficient (Wildman–Crippen LogP) is 0.498. The number of esters is 2. The van der Waals surface area contributed by atoms with Gasteiger partial charge in [0.15, 0.2) is 0 Å². The third-order valence-corrected chi connectivity index (χ3v) is 3.94. The van der Waals surface area contributed by atoms with Gasteiger partial charge in [-0.05, 0) is 27.2 Å². The van der Waals surface area contributed by atoms with Gasteiger partial charge in [0.2, 0.25) is 0 Å². The van der Waals surface area contributed by atoms with Crippen LogP contribution in [0.2, 0.25) is 0 Å². The molecule has 1 aliphatic carbocycles. The smallest absolute Gasteiger partial charge is 0.312 e. The molecule has 2 fully saturated rings. The minimum Gasteiger partial charge on any atom is -0.466 e. The first-order valence-corrected chi connectivity index (χ1v) is 5.95. The molecule has 0 radical (unpaired) electrons. The number of rotatable bonds is 2. The highest BCUT2D eigenvalue weighted by molar-refractivity contribution is 5.81. The molecule has 1 aliphatic heterocycles. The highest BCUT2D eigenvalue weighted by Crippen LogP contribution is 2.49. The van der Waals surface area contributed by atoms with Gasteiger partial charge in [-0.1, -0.05) is 0 Å². The van der Waals surface area contributed by atoms with Gasteiger partial charge in [-0.2, -0.15) is 0 Å². The Hall–Kier alpha value is -1.10. The van der Waals surface area contributed by atoms with Gasteiger partial charge in [-0.3, -0.25) is 9.59 Å². The van der Waals surface area contributed by atoms with E-state index in [0.717, 1.165) is 0 Å². The van der Waals surface area contributed by atoms with Gasteiger partial charge in [0, 0.05) is 5.92 Å². The summed E-state index contributed by atoms with van der Waals surface area (Å²) >= 11 is 0. The monoisotopic (exact) mass is 242 g/mol. The van der Waals surface area contributed by atoms with Gasteiger partial charge < -0.3 is 14.6 Å². The number of hydrogen-bond donors (Lipinski definition) is 1. The van der Waals surface area contributed by atoms with Crippen LogP contribution < -0.4 is 0 Å². The molecule has 0 aromatic rings. The second kappa shape index (κ2) is 3.98. The molecule has 1 heterocycles. The number of hydrogen-bond acceptors (Lipinski definition) is 5. The summed E-state index contributed by atoms with van der Waals surface area (Å²) < 4.78 is 10.1. The summed E-state index contributed by atoms with van der Waals surface area (Å²) in [5, 5.41) is 10.1. The molecule has 0 aromatic heterocycles. The van der Waals surface area contributed by atoms with E-state index in [-0.39, 0.29) is 17.9 Å². The van der Waals surface area contributed by atoms with Crippen molar-refractivity contribution >= 4 is 11.9 Å². The molecular weight excluding hydrogens is 224 g/mol. The van der Waals surface area contributed by atoms with E-state index < -0.39 is 23.5 Å². The van der Waals surface area contributed by atoms with Crippen LogP contribution >= 0.6 is 0 Å². The average molecular weight is 242 g/mol. The Morgan fingerprint density at radius 3 is 2.82 bits per heavy atom. The fourth-order valence-corrected chi connectivity index (χ4v) is 2.79. The van der Waals surface area contributed by atoms with Gasteiger partial charge in [0.05, 0.1) is 24.0 Å². The zero-order valence-corrected chi connectivity index (χ0v) is 10.3. The van der Waals surface area contributed by atoms with Crippen LogP contribution in [0.15, 0.2) is 0 Å². The van der Waals surface area contributed by atoms with Crippen molar-refractivity contribution < 1.29 is 24.2 Å². The molecule has 96 valence electrons. The summed E-state index contributed by atoms with van der Waals surface area (Å²) in [4.78, 5) is 23.5. The molecule has 0 aromatic carbocycles. The standard InChI is InChI=1S/C12H18O5/c1-4-16-10(14)6-5-7-8(13)9(6)17-11(15)12(7,2)3/h6-9,13H,4-5H2,1-3H3. The lowest BCUT2D eigenvalue weighted by atomic mass is 9.75. The Kier molecular flexibility index (Phi) is 2.89. The average Bonchev–Trinajstić information content (AvgIpc) is 2.51. The zero-order valence-electron chi connectivity index (χ0n) is 10.3. The van der Waals surface area contributed by atoms with Crippen LogP contribution in [-0.4, -0.2) is 35.9 Å². The second-order valence-corrected chi connectivity index (χ2v) is 5.28. The number of aliphatic hydroxyl groups excluding tert-OH is 1. The number of fused-ring (bicyclic) bond motifs is 2. The van der Waals surface area contributed by atoms with E-state index >= 15 is 0 Å². The lowest BCUT2D eigenvalue weighted by Gasteiger charge is -2.37. The summed E-state index contributed by atoms with van der Waals surface area (Å²) in [7, 11) is 0. The van der Waals surface area contributed by atoms with Crippen molar-refractivity contribution in [3.63, 3.8) is 0 Å². The Balaban J connectivity index is 2.23. The maximum atomic E-state index is 11.8. The molecule has 2 aliphatic rings. The van der Waals surface area contributed by atoms with Crippen LogP contribution in [0, 0.1) is 17.3 Å². The van der Waals surface area contributed by atoms with Crippen LogP contribution in [0.4, 0.5) is 0 Å². The Labute approximate surface area is 100 Å². The number of carbonyl (C=O) groups excluding carboxylic acids is 2. The van der Waals surface area contributed by atoms with E-state index in [1.165, 1.54) is 0 Å². The highest BCUT2D eigenvalue weighted by atomic mass is 16.6. The molecule has 2 bridgehead atoms. The molecule has 1 N–H and O–H groups in total. The van der Waals surface area contributed by atoms with E-state index in [1.807, 2.05) is 0 Å². The molecule has 5 heteroatoms. The molecular formula is C12H18O5. The van der Waals surface area contributed by atoms with Crippen molar-refractivity contribution in [2.24, 2.45) is 17.3 Å². The van der Waals surface area contributed by atoms with Gasteiger partial charge in [-0.15, -0.1) is 0 Å². The fourth-order valence-electron chi connectivity index (χ4n) is 2.79. The SMILES string of the molecule is CCOC(=O)C1CC2C(O)C1OC(=O)C2(C)C. The summed E-state index contributed by atoms with van der Waals surface area (Å²) in [5.74, 6) is -1.49. The Morgan fingerprint density at radius 2 is 2.24 bits per heavy atom. The van der Waals surface area contributed by atoms with Crippen LogP contribution in [0.25, 0.3) is 0 Å². The quantitative estimate of drug-likeness (QED) is 0.714. The van der Waals surface area contributed by atoms with Crippen molar-refractivity contribution in [3.05, 3.63) is 0 Å². The van der Waals surface area contributed by atoms with Crippen molar-refractivity contribution in [2.75, 3.05) is 6.61 Å². The zero-order chi connectivity index (χ0) is 12.8. The second-order valence-electron chi connectivity index (χ2n) is 5.28. The van der Waals surface area contributed by atoms with Crippen LogP contribution in [0.1, 0.15) is 27.2 Å². The van der Waals surface area contributed by atoms with Crippen molar-refractivity contribution in [3.8, 4) is 0 Å². The summed E-state index contributed by atoms with van der Waals surface area (Å²) in [5.41, 5.74) is -0.739. The molecule has 4 unspecified atom stereocenters. The van der Waals surface area contributed by atoms with Gasteiger partial charge in [0.25, 0.3) is 0 Å². The first-order valence-electron chi connectivity index (χ1n) is 5.95. The number of ether oxygens (including phenoxy) is 2. The summed E-state index contributed by atoms with van der Waals surface area (Å²) in [6, 6.07) is 0. The first kappa shape index (κ1) is 12.4. The minimum absolute atomic E-state index is 0.233. The maximum Gasteiger partial charge on any atom is 0.312 e. The lowest BCUT2D eigenvalue weighted by Crippen LogP contribution is -2.49. The van der Waals surface area contributed by atoms with E-state index in [2.05, 4.69) is 0 Å². The van der Waals surface area contributed by atoms with Gasteiger partial charge in [-0.25, -0.2) is 0 Å². The van der Waals surface area contributed by atoms with Gasteiger partial charge in [0.1, 0.15) is 6.10 Å². The first-order chi connectivity index (χ1) is 7.89. The summed E-state index contributed by atoms with van der Waals surface area (Å²) in [6.45, 7) is 5.51. The molecule has 17 heavy (non-hydrogen) atoms. The molecule has 2 rings (SSSR count). The third-order valence-electron chi connectivity index (χ3n) is 3.94. The Morgan fingerprint density at radius 1 is 1.59 bits per heavy atom. The molecule has 5 nitrogen and oxygen atoms in total. The third kappa shape index (κ3) is 1.73. The van der Waals surface area contributed by atoms with E-state index in [4.69, 9.17) is 9.47 Å². The topological polar surface area (TPSA) is 72.8 Å². The van der Waals surface area contributed by atoms with Crippen molar-refractivity contribution in [2.45, 2.75) is 39.4 Å². The molecule has 0 spiro atoms. The van der Waals surface area contributed by atoms with Crippen LogP contribution in [-0.2, 0) is 19.1 Å². The van der Waals surface area contributed by atoms with E-state index in [0.29, 0.717) is 13.0 Å². The summed E-state index contributed by atoms with van der Waals surface area (Å²) in [6.07, 6.45) is -1.06.